The van der Waals surface area contributed by atoms with E-state index in [2.05, 4.69) is 18.8 Å². The molecule has 0 aliphatic carbocycles. The molecule has 0 aliphatic rings. The average molecular weight is 278 g/mol. The lowest BCUT2D eigenvalue weighted by Crippen LogP contribution is -2.07. The van der Waals surface area contributed by atoms with Crippen molar-refractivity contribution in [2.24, 2.45) is 0 Å². The van der Waals surface area contributed by atoms with Gasteiger partial charge in [-0.1, -0.05) is 26.7 Å². The van der Waals surface area contributed by atoms with Crippen LogP contribution in [0.4, 0.5) is 0 Å². The maximum absolute atomic E-state index is 9.38. The average Bonchev–Trinajstić information content (AvgIpc) is 2.48. The van der Waals surface area contributed by atoms with Crippen molar-refractivity contribution < 1.29 is 14.6 Å². The molecule has 0 saturated carbocycles. The molecular weight excluding hydrogens is 256 g/mol. The Balaban J connectivity index is 2.97. The van der Waals surface area contributed by atoms with E-state index in [-0.39, 0.29) is 12.3 Å². The van der Waals surface area contributed by atoms with Crippen molar-refractivity contribution in [1.82, 2.24) is 4.98 Å². The molecule has 110 valence electrons. The number of nitrogens with zero attached hydrogens (tertiary/aromatic N) is 2. The third kappa shape index (κ3) is 4.71. The minimum absolute atomic E-state index is 0.225. The van der Waals surface area contributed by atoms with Crippen LogP contribution in [0.1, 0.15) is 50.9 Å². The molecule has 1 heterocycles. The van der Waals surface area contributed by atoms with E-state index in [0.717, 1.165) is 25.7 Å². The predicted octanol–water partition coefficient (Wildman–Crippen LogP) is 2.80. The molecular formula is C15H22N2O3. The topological polar surface area (TPSA) is 75.4 Å². The monoisotopic (exact) mass is 278 g/mol. The van der Waals surface area contributed by atoms with Crippen LogP contribution in [-0.2, 0) is 6.61 Å². The molecule has 0 aromatic carbocycles. The number of aliphatic hydroxyl groups is 1. The minimum Gasteiger partial charge on any atom is -0.490 e. The number of aromatic nitrogens is 1. The van der Waals surface area contributed by atoms with Gasteiger partial charge in [-0.25, -0.2) is 4.98 Å². The maximum atomic E-state index is 9.38. The molecule has 5 nitrogen and oxygen atoms in total. The van der Waals surface area contributed by atoms with Gasteiger partial charge in [-0.3, -0.25) is 0 Å². The Labute approximate surface area is 120 Å². The first-order chi connectivity index (χ1) is 9.76. The van der Waals surface area contributed by atoms with E-state index in [1.54, 1.807) is 6.07 Å². The number of nitriles is 1. The molecule has 0 unspecified atom stereocenters. The molecule has 5 heteroatoms. The molecule has 0 aliphatic heterocycles. The highest BCUT2D eigenvalue weighted by Crippen LogP contribution is 2.31. The number of hydrogen-bond acceptors (Lipinski definition) is 5. The van der Waals surface area contributed by atoms with Crippen LogP contribution in [-0.4, -0.2) is 23.3 Å². The van der Waals surface area contributed by atoms with E-state index in [4.69, 9.17) is 14.7 Å². The summed E-state index contributed by atoms with van der Waals surface area (Å²) < 4.78 is 11.3. The zero-order valence-electron chi connectivity index (χ0n) is 12.2. The lowest BCUT2D eigenvalue weighted by atomic mass is 10.2. The highest BCUT2D eigenvalue weighted by molar-refractivity contribution is 5.47. The first-order valence-corrected chi connectivity index (χ1v) is 7.07. The smallest absolute Gasteiger partial charge is 0.185 e. The molecule has 0 saturated heterocycles. The quantitative estimate of drug-likeness (QED) is 0.703. The summed E-state index contributed by atoms with van der Waals surface area (Å²) in [5.41, 5.74) is 0.579. The van der Waals surface area contributed by atoms with Crippen molar-refractivity contribution >= 4 is 0 Å². The van der Waals surface area contributed by atoms with Crippen LogP contribution in [0.15, 0.2) is 6.07 Å². The Morgan fingerprint density at radius 1 is 1.20 bits per heavy atom. The van der Waals surface area contributed by atoms with E-state index in [9.17, 15) is 5.11 Å². The van der Waals surface area contributed by atoms with Crippen LogP contribution < -0.4 is 9.47 Å². The van der Waals surface area contributed by atoms with E-state index >= 15 is 0 Å². The van der Waals surface area contributed by atoms with Crippen LogP contribution in [0, 0.1) is 11.3 Å². The number of aliphatic hydroxyl groups excluding tert-OH is 1. The summed E-state index contributed by atoms with van der Waals surface area (Å²) in [5.74, 6) is 0.946. The van der Waals surface area contributed by atoms with Crippen LogP contribution in [0.25, 0.3) is 0 Å². The second-order valence-corrected chi connectivity index (χ2v) is 4.46. The number of pyridine rings is 1. The van der Waals surface area contributed by atoms with Gasteiger partial charge in [0.2, 0.25) is 0 Å². The van der Waals surface area contributed by atoms with Gasteiger partial charge >= 0.3 is 0 Å². The summed E-state index contributed by atoms with van der Waals surface area (Å²) in [7, 11) is 0. The first kappa shape index (κ1) is 16.3. The third-order valence-electron chi connectivity index (χ3n) is 2.77. The maximum Gasteiger partial charge on any atom is 0.185 e. The Bertz CT molecular complexity index is 455. The lowest BCUT2D eigenvalue weighted by Gasteiger charge is -2.15. The Hall–Kier alpha value is -1.80. The molecule has 1 rings (SSSR count). The Morgan fingerprint density at radius 3 is 2.40 bits per heavy atom. The van der Waals surface area contributed by atoms with Crippen molar-refractivity contribution in [2.45, 2.75) is 46.1 Å². The molecule has 0 bridgehead atoms. The van der Waals surface area contributed by atoms with Crippen LogP contribution in [0.2, 0.25) is 0 Å². The van der Waals surface area contributed by atoms with Crippen molar-refractivity contribution in [3.63, 3.8) is 0 Å². The van der Waals surface area contributed by atoms with Crippen LogP contribution in [0.5, 0.6) is 11.5 Å². The standard InChI is InChI=1S/C15H22N2O3/c1-3-5-7-19-14-9-12(10-16)17-13(11-18)15(14)20-8-6-4-2/h9,18H,3-8,11H2,1-2H3. The van der Waals surface area contributed by atoms with E-state index < -0.39 is 0 Å². The number of hydrogen-bond donors (Lipinski definition) is 1. The highest BCUT2D eigenvalue weighted by Gasteiger charge is 2.15. The van der Waals surface area contributed by atoms with E-state index in [1.165, 1.54) is 0 Å². The number of unbranched alkanes of at least 4 members (excludes halogenated alkanes) is 2. The zero-order chi connectivity index (χ0) is 14.8. The lowest BCUT2D eigenvalue weighted by molar-refractivity contribution is 0.236. The van der Waals surface area contributed by atoms with Gasteiger partial charge < -0.3 is 14.6 Å². The highest BCUT2D eigenvalue weighted by atomic mass is 16.5. The molecule has 0 atom stereocenters. The molecule has 0 amide bonds. The third-order valence-corrected chi connectivity index (χ3v) is 2.77. The van der Waals surface area contributed by atoms with Gasteiger partial charge in [-0.2, -0.15) is 5.26 Å². The molecule has 1 aromatic heterocycles. The summed E-state index contributed by atoms with van der Waals surface area (Å²) >= 11 is 0. The fourth-order valence-corrected chi connectivity index (χ4v) is 1.63. The number of rotatable bonds is 9. The largest absolute Gasteiger partial charge is 0.490 e. The molecule has 0 fully saturated rings. The van der Waals surface area contributed by atoms with Crippen LogP contribution >= 0.6 is 0 Å². The zero-order valence-corrected chi connectivity index (χ0v) is 12.2. The fourth-order valence-electron chi connectivity index (χ4n) is 1.63. The molecule has 1 aromatic rings. The number of ether oxygens (including phenoxy) is 2. The van der Waals surface area contributed by atoms with Crippen LogP contribution in [0.3, 0.4) is 0 Å². The van der Waals surface area contributed by atoms with E-state index in [0.29, 0.717) is 30.4 Å². The molecule has 0 spiro atoms. The van der Waals surface area contributed by atoms with Crippen molar-refractivity contribution in [1.29, 1.82) is 5.26 Å². The second-order valence-electron chi connectivity index (χ2n) is 4.46. The van der Waals surface area contributed by atoms with Gasteiger partial charge in [-0.05, 0) is 12.8 Å². The van der Waals surface area contributed by atoms with Gasteiger partial charge in [0.15, 0.2) is 11.5 Å². The van der Waals surface area contributed by atoms with E-state index in [1.807, 2.05) is 6.07 Å². The molecule has 1 N–H and O–H groups in total. The normalized spacial score (nSPS) is 10.1. The molecule has 0 radical (unpaired) electrons. The van der Waals surface area contributed by atoms with Gasteiger partial charge in [0.05, 0.1) is 19.8 Å². The minimum atomic E-state index is -0.277. The first-order valence-electron chi connectivity index (χ1n) is 7.07. The predicted molar refractivity (Wildman–Crippen MR) is 75.7 cm³/mol. The van der Waals surface area contributed by atoms with Gasteiger partial charge in [0, 0.05) is 6.07 Å². The van der Waals surface area contributed by atoms with Crippen molar-refractivity contribution in [2.75, 3.05) is 13.2 Å². The fraction of sp³-hybridized carbons (Fsp3) is 0.600. The van der Waals surface area contributed by atoms with Crippen molar-refractivity contribution in [3.05, 3.63) is 17.5 Å². The van der Waals surface area contributed by atoms with Gasteiger partial charge in [-0.15, -0.1) is 0 Å². The molecule has 20 heavy (non-hydrogen) atoms. The Kier molecular flexibility index (Phi) is 7.44. The summed E-state index contributed by atoms with van der Waals surface area (Å²) in [6, 6.07) is 3.53. The summed E-state index contributed by atoms with van der Waals surface area (Å²) in [6.45, 7) is 4.98. The summed E-state index contributed by atoms with van der Waals surface area (Å²) in [4.78, 5) is 4.06. The SMILES string of the molecule is CCCCOc1cc(C#N)nc(CO)c1OCCCC. The summed E-state index contributed by atoms with van der Waals surface area (Å²) in [6.07, 6.45) is 3.88. The van der Waals surface area contributed by atoms with Gasteiger partial charge in [0.1, 0.15) is 17.5 Å². The van der Waals surface area contributed by atoms with Gasteiger partial charge in [0.25, 0.3) is 0 Å². The summed E-state index contributed by atoms with van der Waals surface area (Å²) in [5, 5.41) is 18.4. The Morgan fingerprint density at radius 2 is 1.85 bits per heavy atom. The second kappa shape index (κ2) is 9.16. The van der Waals surface area contributed by atoms with Crippen molar-refractivity contribution in [3.8, 4) is 17.6 Å².